The van der Waals surface area contributed by atoms with E-state index in [0.29, 0.717) is 5.69 Å². The van der Waals surface area contributed by atoms with Crippen molar-refractivity contribution in [2.45, 2.75) is 32.8 Å². The second kappa shape index (κ2) is 4.61. The minimum Gasteiger partial charge on any atom is -0.464 e. The number of aromatic nitrogens is 1. The highest BCUT2D eigenvalue weighted by Gasteiger charge is 2.18. The number of rotatable bonds is 2. The number of nitrogens with zero attached hydrogens (tertiary/aromatic N) is 1. The minimum atomic E-state index is -0.485. The predicted molar refractivity (Wildman–Crippen MR) is 60.2 cm³/mol. The van der Waals surface area contributed by atoms with Crippen LogP contribution in [0.3, 0.4) is 0 Å². The Bertz CT molecular complexity index is 394. The Morgan fingerprint density at radius 1 is 1.44 bits per heavy atom. The Balaban J connectivity index is 3.27. The molecule has 0 saturated carbocycles. The van der Waals surface area contributed by atoms with Crippen molar-refractivity contribution in [2.75, 3.05) is 7.11 Å². The van der Waals surface area contributed by atoms with Gasteiger partial charge in [0.25, 0.3) is 0 Å². The second-order valence-electron chi connectivity index (χ2n) is 4.63. The number of esters is 1. The lowest BCUT2D eigenvalue weighted by atomic mass is 9.87. The third-order valence-electron chi connectivity index (χ3n) is 2.30. The van der Waals surface area contributed by atoms with Crippen LogP contribution in [-0.2, 0) is 16.8 Å². The van der Waals surface area contributed by atoms with Crippen LogP contribution in [0.5, 0.6) is 0 Å². The molecule has 1 N–H and O–H groups in total. The molecule has 1 heterocycles. The number of carbonyl (C=O) groups excluding carboxylic acids is 1. The average molecular weight is 223 g/mol. The molecule has 1 aromatic heterocycles. The summed E-state index contributed by atoms with van der Waals surface area (Å²) in [6.07, 6.45) is 0. The summed E-state index contributed by atoms with van der Waals surface area (Å²) in [5, 5.41) is 9.09. The van der Waals surface area contributed by atoms with Gasteiger partial charge in [0.1, 0.15) is 5.69 Å². The molecule has 0 amide bonds. The number of ether oxygens (including phenoxy) is 1. The van der Waals surface area contributed by atoms with E-state index in [9.17, 15) is 4.79 Å². The molecule has 0 atom stereocenters. The first-order chi connectivity index (χ1) is 7.38. The summed E-state index contributed by atoms with van der Waals surface area (Å²) in [4.78, 5) is 15.4. The van der Waals surface area contributed by atoms with Crippen LogP contribution in [0.2, 0.25) is 0 Å². The zero-order chi connectivity index (χ0) is 12.3. The van der Waals surface area contributed by atoms with Crippen LogP contribution in [0.1, 0.15) is 42.5 Å². The average Bonchev–Trinajstić information content (AvgIpc) is 2.26. The monoisotopic (exact) mass is 223 g/mol. The van der Waals surface area contributed by atoms with Crippen LogP contribution in [0.4, 0.5) is 0 Å². The molecule has 0 aliphatic rings. The first-order valence-corrected chi connectivity index (χ1v) is 5.09. The number of hydrogen-bond acceptors (Lipinski definition) is 4. The first kappa shape index (κ1) is 12.6. The van der Waals surface area contributed by atoms with Crippen LogP contribution in [0.25, 0.3) is 0 Å². The number of pyridine rings is 1. The van der Waals surface area contributed by atoms with Gasteiger partial charge in [-0.1, -0.05) is 20.8 Å². The summed E-state index contributed by atoms with van der Waals surface area (Å²) in [5.74, 6) is -0.485. The summed E-state index contributed by atoms with van der Waals surface area (Å²) >= 11 is 0. The van der Waals surface area contributed by atoms with E-state index in [1.807, 2.05) is 20.8 Å². The van der Waals surface area contributed by atoms with E-state index in [2.05, 4.69) is 9.72 Å². The molecule has 16 heavy (non-hydrogen) atoms. The quantitative estimate of drug-likeness (QED) is 0.774. The third-order valence-corrected chi connectivity index (χ3v) is 2.30. The van der Waals surface area contributed by atoms with E-state index in [-0.39, 0.29) is 17.7 Å². The van der Waals surface area contributed by atoms with Gasteiger partial charge in [0.2, 0.25) is 0 Å². The SMILES string of the molecule is COC(=O)c1cc(C(C)(C)C)cc(CO)n1. The van der Waals surface area contributed by atoms with E-state index in [0.717, 1.165) is 5.56 Å². The molecular weight excluding hydrogens is 206 g/mol. The standard InChI is InChI=1S/C12H17NO3/c1-12(2,3)8-5-9(7-14)13-10(6-8)11(15)16-4/h5-6,14H,7H2,1-4H3. The van der Waals surface area contributed by atoms with Gasteiger partial charge < -0.3 is 9.84 Å². The van der Waals surface area contributed by atoms with Crippen LogP contribution in [-0.4, -0.2) is 23.2 Å². The summed E-state index contributed by atoms with van der Waals surface area (Å²) in [6.45, 7) is 5.91. The van der Waals surface area contributed by atoms with E-state index >= 15 is 0 Å². The summed E-state index contributed by atoms with van der Waals surface area (Å²) < 4.78 is 4.62. The fraction of sp³-hybridized carbons (Fsp3) is 0.500. The molecule has 0 bridgehead atoms. The molecule has 4 nitrogen and oxygen atoms in total. The van der Waals surface area contributed by atoms with Crippen molar-refractivity contribution in [3.63, 3.8) is 0 Å². The topological polar surface area (TPSA) is 59.4 Å². The minimum absolute atomic E-state index is 0.102. The maximum Gasteiger partial charge on any atom is 0.356 e. The van der Waals surface area contributed by atoms with E-state index in [1.54, 1.807) is 12.1 Å². The van der Waals surface area contributed by atoms with Crippen molar-refractivity contribution in [3.8, 4) is 0 Å². The molecule has 0 radical (unpaired) electrons. The van der Waals surface area contributed by atoms with Crippen LogP contribution in [0.15, 0.2) is 12.1 Å². The van der Waals surface area contributed by atoms with Crippen LogP contribution < -0.4 is 0 Å². The molecule has 0 spiro atoms. The lowest BCUT2D eigenvalue weighted by Gasteiger charge is -2.20. The smallest absolute Gasteiger partial charge is 0.356 e. The Labute approximate surface area is 95.3 Å². The highest BCUT2D eigenvalue weighted by atomic mass is 16.5. The van der Waals surface area contributed by atoms with Crippen molar-refractivity contribution in [3.05, 3.63) is 29.1 Å². The second-order valence-corrected chi connectivity index (χ2v) is 4.63. The van der Waals surface area contributed by atoms with Gasteiger partial charge in [-0.15, -0.1) is 0 Å². The number of aliphatic hydroxyl groups excluding tert-OH is 1. The van der Waals surface area contributed by atoms with Gasteiger partial charge in [-0.25, -0.2) is 9.78 Å². The van der Waals surface area contributed by atoms with Crippen molar-refractivity contribution in [1.29, 1.82) is 0 Å². The molecule has 0 unspecified atom stereocenters. The maximum absolute atomic E-state index is 11.4. The molecule has 88 valence electrons. The molecule has 0 aromatic carbocycles. The van der Waals surface area contributed by atoms with Gasteiger partial charge in [-0.05, 0) is 23.1 Å². The van der Waals surface area contributed by atoms with E-state index < -0.39 is 5.97 Å². The molecule has 1 aromatic rings. The van der Waals surface area contributed by atoms with Gasteiger partial charge in [0.05, 0.1) is 19.4 Å². The number of hydrogen-bond donors (Lipinski definition) is 1. The zero-order valence-corrected chi connectivity index (χ0v) is 10.1. The van der Waals surface area contributed by atoms with Gasteiger partial charge in [0, 0.05) is 0 Å². The Morgan fingerprint density at radius 2 is 2.06 bits per heavy atom. The summed E-state index contributed by atoms with van der Waals surface area (Å²) in [5.41, 5.74) is 1.56. The Morgan fingerprint density at radius 3 is 2.50 bits per heavy atom. The summed E-state index contributed by atoms with van der Waals surface area (Å²) in [6, 6.07) is 3.50. The van der Waals surface area contributed by atoms with Gasteiger partial charge in [-0.3, -0.25) is 0 Å². The lowest BCUT2D eigenvalue weighted by Crippen LogP contribution is -2.15. The van der Waals surface area contributed by atoms with Gasteiger partial charge in [-0.2, -0.15) is 0 Å². The molecule has 0 aliphatic heterocycles. The number of aliphatic hydroxyl groups is 1. The zero-order valence-electron chi connectivity index (χ0n) is 10.1. The molecular formula is C12H17NO3. The maximum atomic E-state index is 11.4. The van der Waals surface area contributed by atoms with Crippen molar-refractivity contribution in [2.24, 2.45) is 0 Å². The van der Waals surface area contributed by atoms with Crippen molar-refractivity contribution < 1.29 is 14.6 Å². The summed E-state index contributed by atoms with van der Waals surface area (Å²) in [7, 11) is 1.31. The highest BCUT2D eigenvalue weighted by Crippen LogP contribution is 2.23. The Kier molecular flexibility index (Phi) is 3.65. The Hall–Kier alpha value is -1.42. The van der Waals surface area contributed by atoms with Gasteiger partial charge >= 0.3 is 5.97 Å². The lowest BCUT2D eigenvalue weighted by molar-refractivity contribution is 0.0593. The number of carbonyl (C=O) groups is 1. The highest BCUT2D eigenvalue weighted by molar-refractivity contribution is 5.87. The molecule has 0 saturated heterocycles. The third kappa shape index (κ3) is 2.79. The largest absolute Gasteiger partial charge is 0.464 e. The van der Waals surface area contributed by atoms with Crippen LogP contribution in [0, 0.1) is 0 Å². The fourth-order valence-corrected chi connectivity index (χ4v) is 1.31. The van der Waals surface area contributed by atoms with Crippen LogP contribution >= 0.6 is 0 Å². The van der Waals surface area contributed by atoms with Crippen molar-refractivity contribution in [1.82, 2.24) is 4.98 Å². The molecule has 4 heteroatoms. The molecule has 0 fully saturated rings. The number of methoxy groups -OCH3 is 1. The fourth-order valence-electron chi connectivity index (χ4n) is 1.31. The normalized spacial score (nSPS) is 11.3. The van der Waals surface area contributed by atoms with E-state index in [4.69, 9.17) is 5.11 Å². The first-order valence-electron chi connectivity index (χ1n) is 5.09. The van der Waals surface area contributed by atoms with Crippen molar-refractivity contribution >= 4 is 5.97 Å². The van der Waals surface area contributed by atoms with E-state index in [1.165, 1.54) is 7.11 Å². The van der Waals surface area contributed by atoms with Gasteiger partial charge in [0.15, 0.2) is 0 Å². The molecule has 0 aliphatic carbocycles. The predicted octanol–water partition coefficient (Wildman–Crippen LogP) is 1.66. The molecule has 1 rings (SSSR count).